The standard InChI is InChI=1S/C13H19N3O2/c14-11-4-1-3-10(9-11)6-7-13(18)16-8-2-5-12(15)17/h1,3-4,9H,2,5-8,14H2,(H2,15,17)(H,16,18). The highest BCUT2D eigenvalue weighted by atomic mass is 16.2. The van der Waals surface area contributed by atoms with Crippen LogP contribution in [-0.4, -0.2) is 18.4 Å². The summed E-state index contributed by atoms with van der Waals surface area (Å²) in [4.78, 5) is 22.0. The second-order valence-corrected chi connectivity index (χ2v) is 4.16. The molecule has 0 atom stereocenters. The van der Waals surface area contributed by atoms with Gasteiger partial charge < -0.3 is 16.8 Å². The van der Waals surface area contributed by atoms with Gasteiger partial charge in [-0.3, -0.25) is 9.59 Å². The molecule has 0 fully saturated rings. The molecule has 0 aromatic heterocycles. The SMILES string of the molecule is NC(=O)CCCNC(=O)CCc1cccc(N)c1. The number of anilines is 1. The molecule has 5 nitrogen and oxygen atoms in total. The number of hydrogen-bond donors (Lipinski definition) is 3. The average molecular weight is 249 g/mol. The highest BCUT2D eigenvalue weighted by Gasteiger charge is 2.02. The lowest BCUT2D eigenvalue weighted by atomic mass is 10.1. The molecule has 0 bridgehead atoms. The van der Waals surface area contributed by atoms with Gasteiger partial charge in [-0.2, -0.15) is 0 Å². The molecule has 18 heavy (non-hydrogen) atoms. The Bertz CT molecular complexity index is 418. The van der Waals surface area contributed by atoms with Crippen LogP contribution in [0.4, 0.5) is 5.69 Å². The Morgan fingerprint density at radius 3 is 2.67 bits per heavy atom. The van der Waals surface area contributed by atoms with Gasteiger partial charge in [0.2, 0.25) is 11.8 Å². The number of amides is 2. The van der Waals surface area contributed by atoms with Gasteiger partial charge in [-0.15, -0.1) is 0 Å². The number of nitrogen functional groups attached to an aromatic ring is 1. The predicted octanol–water partition coefficient (Wildman–Crippen LogP) is 0.583. The fourth-order valence-electron chi connectivity index (χ4n) is 1.59. The van der Waals surface area contributed by atoms with Crippen LogP contribution in [0.2, 0.25) is 0 Å². The Morgan fingerprint density at radius 2 is 2.00 bits per heavy atom. The average Bonchev–Trinajstić information content (AvgIpc) is 2.32. The van der Waals surface area contributed by atoms with Crippen LogP contribution < -0.4 is 16.8 Å². The second kappa shape index (κ2) is 7.32. The van der Waals surface area contributed by atoms with E-state index in [0.29, 0.717) is 37.9 Å². The molecule has 98 valence electrons. The molecule has 0 unspecified atom stereocenters. The number of primary amides is 1. The number of nitrogens with two attached hydrogens (primary N) is 2. The molecule has 0 aliphatic carbocycles. The second-order valence-electron chi connectivity index (χ2n) is 4.16. The highest BCUT2D eigenvalue weighted by molar-refractivity contribution is 5.76. The van der Waals surface area contributed by atoms with Crippen molar-refractivity contribution in [2.75, 3.05) is 12.3 Å². The lowest BCUT2D eigenvalue weighted by molar-refractivity contribution is -0.121. The predicted molar refractivity (Wildman–Crippen MR) is 70.6 cm³/mol. The van der Waals surface area contributed by atoms with Crippen molar-refractivity contribution in [3.8, 4) is 0 Å². The van der Waals surface area contributed by atoms with E-state index in [1.807, 2.05) is 24.3 Å². The molecule has 1 aromatic rings. The van der Waals surface area contributed by atoms with Crippen molar-refractivity contribution in [3.63, 3.8) is 0 Å². The van der Waals surface area contributed by atoms with E-state index in [1.165, 1.54) is 0 Å². The summed E-state index contributed by atoms with van der Waals surface area (Å²) in [6.45, 7) is 0.485. The zero-order valence-electron chi connectivity index (χ0n) is 10.3. The molecule has 2 amide bonds. The summed E-state index contributed by atoms with van der Waals surface area (Å²) >= 11 is 0. The molecule has 0 saturated heterocycles. The van der Waals surface area contributed by atoms with Crippen molar-refractivity contribution in [3.05, 3.63) is 29.8 Å². The monoisotopic (exact) mass is 249 g/mol. The Labute approximate surface area is 107 Å². The van der Waals surface area contributed by atoms with Crippen LogP contribution in [0.5, 0.6) is 0 Å². The van der Waals surface area contributed by atoms with Crippen LogP contribution in [0.15, 0.2) is 24.3 Å². The van der Waals surface area contributed by atoms with E-state index >= 15 is 0 Å². The Morgan fingerprint density at radius 1 is 1.22 bits per heavy atom. The molecular weight excluding hydrogens is 230 g/mol. The quantitative estimate of drug-likeness (QED) is 0.487. The minimum Gasteiger partial charge on any atom is -0.399 e. The number of rotatable bonds is 7. The first-order valence-electron chi connectivity index (χ1n) is 5.97. The minimum atomic E-state index is -0.344. The maximum absolute atomic E-state index is 11.5. The minimum absolute atomic E-state index is 0.0260. The third-order valence-corrected chi connectivity index (χ3v) is 2.51. The Hall–Kier alpha value is -2.04. The maximum atomic E-state index is 11.5. The lowest BCUT2D eigenvalue weighted by Gasteiger charge is -2.05. The van der Waals surface area contributed by atoms with Crippen molar-refractivity contribution >= 4 is 17.5 Å². The van der Waals surface area contributed by atoms with Gasteiger partial charge in [0.05, 0.1) is 0 Å². The molecular formula is C13H19N3O2. The number of benzene rings is 1. The van der Waals surface area contributed by atoms with Crippen molar-refractivity contribution in [1.82, 2.24) is 5.32 Å². The Kier molecular flexibility index (Phi) is 5.70. The van der Waals surface area contributed by atoms with Gasteiger partial charge in [-0.05, 0) is 30.5 Å². The molecule has 0 spiro atoms. The summed E-state index contributed by atoms with van der Waals surface area (Å²) in [5, 5.41) is 2.74. The number of nitrogens with one attached hydrogen (secondary N) is 1. The zero-order valence-corrected chi connectivity index (χ0v) is 10.3. The van der Waals surface area contributed by atoms with E-state index < -0.39 is 0 Å². The van der Waals surface area contributed by atoms with Crippen molar-refractivity contribution < 1.29 is 9.59 Å². The molecule has 5 N–H and O–H groups in total. The number of hydrogen-bond acceptors (Lipinski definition) is 3. The molecule has 0 heterocycles. The third-order valence-electron chi connectivity index (χ3n) is 2.51. The summed E-state index contributed by atoms with van der Waals surface area (Å²) < 4.78 is 0. The summed E-state index contributed by atoms with van der Waals surface area (Å²) in [5.74, 6) is -0.370. The van der Waals surface area contributed by atoms with Gasteiger partial charge >= 0.3 is 0 Å². The first-order valence-corrected chi connectivity index (χ1v) is 5.97. The van der Waals surface area contributed by atoms with E-state index in [1.54, 1.807) is 0 Å². The van der Waals surface area contributed by atoms with E-state index in [4.69, 9.17) is 11.5 Å². The summed E-state index contributed by atoms with van der Waals surface area (Å²) in [6, 6.07) is 7.49. The van der Waals surface area contributed by atoms with E-state index in [2.05, 4.69) is 5.32 Å². The number of aryl methyl sites for hydroxylation is 1. The molecule has 1 aromatic carbocycles. The topological polar surface area (TPSA) is 98.2 Å². The van der Waals surface area contributed by atoms with E-state index in [-0.39, 0.29) is 11.8 Å². The van der Waals surface area contributed by atoms with Crippen LogP contribution in [-0.2, 0) is 16.0 Å². The molecule has 0 radical (unpaired) electrons. The van der Waals surface area contributed by atoms with Gasteiger partial charge in [-0.1, -0.05) is 12.1 Å². The van der Waals surface area contributed by atoms with E-state index in [9.17, 15) is 9.59 Å². The fourth-order valence-corrected chi connectivity index (χ4v) is 1.59. The first-order chi connectivity index (χ1) is 8.58. The summed E-state index contributed by atoms with van der Waals surface area (Å²) in [5.41, 5.74) is 12.4. The van der Waals surface area contributed by atoms with Gasteiger partial charge in [0, 0.05) is 25.1 Å². The van der Waals surface area contributed by atoms with Crippen molar-refractivity contribution in [2.45, 2.75) is 25.7 Å². The largest absolute Gasteiger partial charge is 0.399 e. The van der Waals surface area contributed by atoms with Crippen LogP contribution >= 0.6 is 0 Å². The van der Waals surface area contributed by atoms with Gasteiger partial charge in [0.25, 0.3) is 0 Å². The van der Waals surface area contributed by atoms with Crippen LogP contribution in [0.1, 0.15) is 24.8 Å². The molecule has 0 aliphatic heterocycles. The molecule has 1 rings (SSSR count). The summed E-state index contributed by atoms with van der Waals surface area (Å²) in [6.07, 6.45) is 1.96. The van der Waals surface area contributed by atoms with Gasteiger partial charge in [0.1, 0.15) is 0 Å². The molecule has 0 aliphatic rings. The lowest BCUT2D eigenvalue weighted by Crippen LogP contribution is -2.25. The normalized spacial score (nSPS) is 10.0. The number of carbonyl (C=O) groups excluding carboxylic acids is 2. The molecule has 5 heteroatoms. The first kappa shape index (κ1) is 14.0. The van der Waals surface area contributed by atoms with Gasteiger partial charge in [-0.25, -0.2) is 0 Å². The summed E-state index contributed by atoms with van der Waals surface area (Å²) in [7, 11) is 0. The smallest absolute Gasteiger partial charge is 0.220 e. The van der Waals surface area contributed by atoms with Crippen molar-refractivity contribution in [2.24, 2.45) is 5.73 Å². The van der Waals surface area contributed by atoms with Crippen LogP contribution in [0, 0.1) is 0 Å². The van der Waals surface area contributed by atoms with Crippen LogP contribution in [0.25, 0.3) is 0 Å². The van der Waals surface area contributed by atoms with Crippen molar-refractivity contribution in [1.29, 1.82) is 0 Å². The van der Waals surface area contributed by atoms with Crippen LogP contribution in [0.3, 0.4) is 0 Å². The fraction of sp³-hybridized carbons (Fsp3) is 0.385. The highest BCUT2D eigenvalue weighted by Crippen LogP contribution is 2.08. The zero-order chi connectivity index (χ0) is 13.4. The maximum Gasteiger partial charge on any atom is 0.220 e. The third kappa shape index (κ3) is 5.89. The van der Waals surface area contributed by atoms with E-state index in [0.717, 1.165) is 5.56 Å². The van der Waals surface area contributed by atoms with Gasteiger partial charge in [0.15, 0.2) is 0 Å². The Balaban J connectivity index is 2.19. The molecule has 0 saturated carbocycles. The number of carbonyl (C=O) groups is 2.